The first kappa shape index (κ1) is 15.6. The molecule has 4 bridgehead atoms. The predicted octanol–water partition coefficient (Wildman–Crippen LogP) is 2.18. The molecule has 0 aliphatic heterocycles. The van der Waals surface area contributed by atoms with Crippen molar-refractivity contribution in [1.29, 1.82) is 0 Å². The van der Waals surface area contributed by atoms with Crippen LogP contribution in [0.5, 0.6) is 0 Å². The third kappa shape index (κ3) is 3.34. The fraction of sp³-hybridized carbons (Fsp3) is 0.737. The molecule has 23 heavy (non-hydrogen) atoms. The van der Waals surface area contributed by atoms with Gasteiger partial charge in [0.25, 0.3) is 5.91 Å². The van der Waals surface area contributed by atoms with E-state index in [0.717, 1.165) is 36.6 Å². The molecule has 3 nitrogen and oxygen atoms in total. The second-order valence-electron chi connectivity index (χ2n) is 8.11. The number of hydrogen-bond donors (Lipinski definition) is 2. The zero-order valence-corrected chi connectivity index (χ0v) is 14.9. The number of amides is 1. The van der Waals surface area contributed by atoms with Crippen LogP contribution < -0.4 is 10.6 Å². The zero-order valence-electron chi connectivity index (χ0n) is 14.0. The van der Waals surface area contributed by atoms with Crippen molar-refractivity contribution in [2.75, 3.05) is 6.54 Å². The Morgan fingerprint density at radius 2 is 1.96 bits per heavy atom. The van der Waals surface area contributed by atoms with Gasteiger partial charge in [-0.15, -0.1) is 11.3 Å². The normalized spacial score (nSPS) is 36.1. The van der Waals surface area contributed by atoms with E-state index in [1.165, 1.54) is 37.0 Å². The molecule has 0 spiro atoms. The van der Waals surface area contributed by atoms with Gasteiger partial charge >= 0.3 is 0 Å². The van der Waals surface area contributed by atoms with Crippen LogP contribution in [0.3, 0.4) is 0 Å². The predicted molar refractivity (Wildman–Crippen MR) is 93.3 cm³/mol. The third-order valence-corrected chi connectivity index (χ3v) is 7.41. The first-order chi connectivity index (χ1) is 11.2. The zero-order chi connectivity index (χ0) is 15.8. The Balaban J connectivity index is 1.26. The van der Waals surface area contributed by atoms with Crippen LogP contribution in [0.15, 0.2) is 17.5 Å². The molecule has 1 aromatic rings. The molecule has 4 saturated carbocycles. The standard InChI is InChI=1S/C19H28N2OS/c1-12(19(22)20-5-4-17-3-2-6-23-17)21-18-15-8-13-7-14(10-15)11-16(18)9-13/h2-3,6,12-16,18,21H,4-5,7-11H2,1H3,(H,20,22)/p+1/t12-,13?,14?,15?,16?,18?/m1/s1. The van der Waals surface area contributed by atoms with Gasteiger partial charge in [-0.2, -0.15) is 0 Å². The Bertz CT molecular complexity index is 514. The number of nitrogens with two attached hydrogens (primary N) is 1. The van der Waals surface area contributed by atoms with E-state index in [-0.39, 0.29) is 11.9 Å². The highest BCUT2D eigenvalue weighted by Crippen LogP contribution is 2.52. The van der Waals surface area contributed by atoms with E-state index in [1.807, 2.05) is 0 Å². The summed E-state index contributed by atoms with van der Waals surface area (Å²) in [6.45, 7) is 2.85. The molecule has 126 valence electrons. The smallest absolute Gasteiger partial charge is 0.277 e. The molecule has 4 heteroatoms. The monoisotopic (exact) mass is 333 g/mol. The number of hydrogen-bond acceptors (Lipinski definition) is 2. The molecule has 4 fully saturated rings. The van der Waals surface area contributed by atoms with Gasteiger partial charge < -0.3 is 10.6 Å². The van der Waals surface area contributed by atoms with Crippen LogP contribution in [-0.4, -0.2) is 24.5 Å². The van der Waals surface area contributed by atoms with Crippen molar-refractivity contribution < 1.29 is 10.1 Å². The maximum Gasteiger partial charge on any atom is 0.277 e. The number of thiophene rings is 1. The number of quaternary nitrogens is 1. The van der Waals surface area contributed by atoms with Gasteiger partial charge in [0, 0.05) is 23.3 Å². The van der Waals surface area contributed by atoms with E-state index in [2.05, 4.69) is 35.1 Å². The minimum Gasteiger partial charge on any atom is -0.351 e. The number of rotatable bonds is 6. The summed E-state index contributed by atoms with van der Waals surface area (Å²) < 4.78 is 0. The molecule has 1 atom stereocenters. The van der Waals surface area contributed by atoms with Crippen molar-refractivity contribution in [3.63, 3.8) is 0 Å². The van der Waals surface area contributed by atoms with Gasteiger partial charge in [-0.3, -0.25) is 4.79 Å². The second kappa shape index (κ2) is 6.56. The van der Waals surface area contributed by atoms with Crippen LogP contribution in [0, 0.1) is 23.7 Å². The SMILES string of the molecule is C[C@@H]([NH2+]C1C2CC3CC(C2)CC1C3)C(=O)NCCc1cccs1. The fourth-order valence-corrected chi connectivity index (χ4v) is 6.34. The highest BCUT2D eigenvalue weighted by Gasteiger charge is 2.50. The van der Waals surface area contributed by atoms with E-state index in [0.29, 0.717) is 6.04 Å². The lowest BCUT2D eigenvalue weighted by molar-refractivity contribution is -0.725. The van der Waals surface area contributed by atoms with Crippen molar-refractivity contribution in [3.8, 4) is 0 Å². The summed E-state index contributed by atoms with van der Waals surface area (Å²) in [6, 6.07) is 4.98. The highest BCUT2D eigenvalue weighted by atomic mass is 32.1. The Morgan fingerprint density at radius 1 is 1.26 bits per heavy atom. The lowest BCUT2D eigenvalue weighted by atomic mass is 9.54. The Morgan fingerprint density at radius 3 is 2.57 bits per heavy atom. The summed E-state index contributed by atoms with van der Waals surface area (Å²) in [7, 11) is 0. The largest absolute Gasteiger partial charge is 0.351 e. The quantitative estimate of drug-likeness (QED) is 0.823. The molecule has 3 N–H and O–H groups in total. The number of nitrogens with one attached hydrogen (secondary N) is 1. The first-order valence-electron chi connectivity index (χ1n) is 9.34. The summed E-state index contributed by atoms with van der Waals surface area (Å²) >= 11 is 1.77. The van der Waals surface area contributed by atoms with E-state index in [4.69, 9.17) is 0 Å². The van der Waals surface area contributed by atoms with Crippen molar-refractivity contribution in [1.82, 2.24) is 5.32 Å². The van der Waals surface area contributed by atoms with E-state index < -0.39 is 0 Å². The van der Waals surface area contributed by atoms with Gasteiger partial charge in [0.2, 0.25) is 0 Å². The highest BCUT2D eigenvalue weighted by molar-refractivity contribution is 7.09. The molecule has 0 saturated heterocycles. The van der Waals surface area contributed by atoms with Crippen molar-refractivity contribution in [3.05, 3.63) is 22.4 Å². The van der Waals surface area contributed by atoms with Gasteiger partial charge in [0.05, 0.1) is 6.04 Å². The summed E-state index contributed by atoms with van der Waals surface area (Å²) in [5, 5.41) is 7.64. The number of carbonyl (C=O) groups excluding carboxylic acids is 1. The van der Waals surface area contributed by atoms with E-state index in [9.17, 15) is 4.79 Å². The topological polar surface area (TPSA) is 45.7 Å². The van der Waals surface area contributed by atoms with Crippen LogP contribution in [0.1, 0.15) is 43.9 Å². The molecular formula is C19H29N2OS+. The molecule has 5 rings (SSSR count). The lowest BCUT2D eigenvalue weighted by Gasteiger charge is -2.53. The maximum atomic E-state index is 12.4. The Labute approximate surface area is 143 Å². The summed E-state index contributed by atoms with van der Waals surface area (Å²) in [5.41, 5.74) is 0. The fourth-order valence-electron chi connectivity index (χ4n) is 5.63. The summed E-state index contributed by atoms with van der Waals surface area (Å²) in [6.07, 6.45) is 8.18. The van der Waals surface area contributed by atoms with Crippen LogP contribution in [-0.2, 0) is 11.2 Å². The summed E-state index contributed by atoms with van der Waals surface area (Å²) in [4.78, 5) is 13.7. The van der Waals surface area contributed by atoms with E-state index in [1.54, 1.807) is 11.3 Å². The Hall–Kier alpha value is -0.870. The van der Waals surface area contributed by atoms with Crippen LogP contribution in [0.2, 0.25) is 0 Å². The third-order valence-electron chi connectivity index (χ3n) is 6.47. The van der Waals surface area contributed by atoms with Crippen LogP contribution in [0.25, 0.3) is 0 Å². The molecule has 0 radical (unpaired) electrons. The minimum absolute atomic E-state index is 0.0564. The molecular weight excluding hydrogens is 304 g/mol. The molecule has 1 aromatic heterocycles. The molecule has 0 aromatic carbocycles. The van der Waals surface area contributed by atoms with Crippen molar-refractivity contribution in [2.45, 2.75) is 57.5 Å². The lowest BCUT2D eigenvalue weighted by Crippen LogP contribution is -3.00. The Kier molecular flexibility index (Phi) is 4.46. The molecule has 0 unspecified atom stereocenters. The van der Waals surface area contributed by atoms with Crippen molar-refractivity contribution in [2.24, 2.45) is 23.7 Å². The van der Waals surface area contributed by atoms with Gasteiger partial charge in [0.15, 0.2) is 6.04 Å². The number of carbonyl (C=O) groups is 1. The van der Waals surface area contributed by atoms with Crippen LogP contribution in [0.4, 0.5) is 0 Å². The summed E-state index contributed by atoms with van der Waals surface area (Å²) in [5.74, 6) is 4.00. The van der Waals surface area contributed by atoms with Gasteiger partial charge in [-0.05, 0) is 68.7 Å². The van der Waals surface area contributed by atoms with E-state index >= 15 is 0 Å². The maximum absolute atomic E-state index is 12.4. The van der Waals surface area contributed by atoms with Crippen LogP contribution >= 0.6 is 11.3 Å². The molecule has 1 heterocycles. The molecule has 4 aliphatic carbocycles. The van der Waals surface area contributed by atoms with Gasteiger partial charge in [-0.25, -0.2) is 0 Å². The van der Waals surface area contributed by atoms with Gasteiger partial charge in [-0.1, -0.05) is 6.07 Å². The average molecular weight is 334 g/mol. The minimum atomic E-state index is 0.0564. The average Bonchev–Trinajstić information content (AvgIpc) is 3.03. The second-order valence-corrected chi connectivity index (χ2v) is 9.14. The van der Waals surface area contributed by atoms with Gasteiger partial charge in [0.1, 0.15) is 0 Å². The molecule has 1 amide bonds. The first-order valence-corrected chi connectivity index (χ1v) is 10.2. The molecule has 4 aliphatic rings. The van der Waals surface area contributed by atoms with Crippen molar-refractivity contribution >= 4 is 17.2 Å².